The SMILES string of the molecule is CN(C)CCN(C)CCC(=O)c1ccccc1F. The first-order valence-electron chi connectivity index (χ1n) is 6.11. The summed E-state index contributed by atoms with van der Waals surface area (Å²) in [7, 11) is 5.99. The lowest BCUT2D eigenvalue weighted by Gasteiger charge is -2.18. The van der Waals surface area contributed by atoms with Crippen molar-refractivity contribution in [2.45, 2.75) is 6.42 Å². The van der Waals surface area contributed by atoms with Gasteiger partial charge in [-0.1, -0.05) is 12.1 Å². The van der Waals surface area contributed by atoms with Crippen LogP contribution in [0.5, 0.6) is 0 Å². The van der Waals surface area contributed by atoms with Crippen molar-refractivity contribution in [1.82, 2.24) is 9.80 Å². The topological polar surface area (TPSA) is 23.6 Å². The minimum absolute atomic E-state index is 0.134. The van der Waals surface area contributed by atoms with Gasteiger partial charge in [-0.3, -0.25) is 4.79 Å². The van der Waals surface area contributed by atoms with Gasteiger partial charge in [-0.05, 0) is 33.3 Å². The van der Waals surface area contributed by atoms with E-state index in [9.17, 15) is 9.18 Å². The van der Waals surface area contributed by atoms with Gasteiger partial charge in [0.2, 0.25) is 0 Å². The van der Waals surface area contributed by atoms with E-state index in [-0.39, 0.29) is 11.3 Å². The maximum Gasteiger partial charge on any atom is 0.167 e. The highest BCUT2D eigenvalue weighted by atomic mass is 19.1. The second kappa shape index (κ2) is 7.24. The van der Waals surface area contributed by atoms with Crippen molar-refractivity contribution >= 4 is 5.78 Å². The van der Waals surface area contributed by atoms with Crippen LogP contribution in [0.25, 0.3) is 0 Å². The average Bonchev–Trinajstić information content (AvgIpc) is 2.34. The molecular formula is C14H21FN2O. The molecule has 4 heteroatoms. The summed E-state index contributed by atoms with van der Waals surface area (Å²) < 4.78 is 13.4. The maximum atomic E-state index is 13.4. The number of nitrogens with zero attached hydrogens (tertiary/aromatic N) is 2. The van der Waals surface area contributed by atoms with E-state index in [1.807, 2.05) is 21.1 Å². The zero-order valence-corrected chi connectivity index (χ0v) is 11.3. The Labute approximate surface area is 108 Å². The summed E-state index contributed by atoms with van der Waals surface area (Å²) in [5.74, 6) is -0.566. The van der Waals surface area contributed by atoms with Crippen LogP contribution in [-0.4, -0.2) is 56.4 Å². The number of ketones is 1. The van der Waals surface area contributed by atoms with Crippen LogP contribution in [0.1, 0.15) is 16.8 Å². The van der Waals surface area contributed by atoms with Crippen LogP contribution in [-0.2, 0) is 0 Å². The quantitative estimate of drug-likeness (QED) is 0.692. The lowest BCUT2D eigenvalue weighted by atomic mass is 10.1. The zero-order chi connectivity index (χ0) is 13.5. The number of rotatable bonds is 7. The molecule has 3 nitrogen and oxygen atoms in total. The fourth-order valence-corrected chi connectivity index (χ4v) is 1.60. The number of likely N-dealkylation sites (N-methyl/N-ethyl adjacent to an activating group) is 2. The van der Waals surface area contributed by atoms with Crippen molar-refractivity contribution in [3.8, 4) is 0 Å². The summed E-state index contributed by atoms with van der Waals surface area (Å²) in [6, 6.07) is 6.14. The van der Waals surface area contributed by atoms with Gasteiger partial charge in [0.25, 0.3) is 0 Å². The molecule has 0 aliphatic rings. The monoisotopic (exact) mass is 252 g/mol. The van der Waals surface area contributed by atoms with Gasteiger partial charge in [0, 0.05) is 26.1 Å². The number of benzene rings is 1. The fourth-order valence-electron chi connectivity index (χ4n) is 1.60. The number of hydrogen-bond acceptors (Lipinski definition) is 3. The summed E-state index contributed by atoms with van der Waals surface area (Å²) in [5.41, 5.74) is 0.193. The summed E-state index contributed by atoms with van der Waals surface area (Å²) in [6.07, 6.45) is 0.352. The summed E-state index contributed by atoms with van der Waals surface area (Å²) in [6.45, 7) is 2.50. The normalized spacial score (nSPS) is 11.2. The lowest BCUT2D eigenvalue weighted by molar-refractivity contribution is 0.0964. The highest BCUT2D eigenvalue weighted by Gasteiger charge is 2.11. The molecule has 0 N–H and O–H groups in total. The Morgan fingerprint density at radius 1 is 1.11 bits per heavy atom. The maximum absolute atomic E-state index is 13.4. The fraction of sp³-hybridized carbons (Fsp3) is 0.500. The van der Waals surface area contributed by atoms with Gasteiger partial charge >= 0.3 is 0 Å². The molecule has 0 spiro atoms. The molecule has 1 aromatic carbocycles. The van der Waals surface area contributed by atoms with Gasteiger partial charge in [-0.15, -0.1) is 0 Å². The average molecular weight is 252 g/mol. The second-order valence-corrected chi connectivity index (χ2v) is 4.76. The minimum atomic E-state index is -0.432. The van der Waals surface area contributed by atoms with Gasteiger partial charge in [0.15, 0.2) is 5.78 Å². The van der Waals surface area contributed by atoms with E-state index >= 15 is 0 Å². The molecule has 1 rings (SSSR count). The van der Waals surface area contributed by atoms with Crippen LogP contribution >= 0.6 is 0 Å². The zero-order valence-electron chi connectivity index (χ0n) is 11.3. The van der Waals surface area contributed by atoms with E-state index < -0.39 is 5.82 Å². The van der Waals surface area contributed by atoms with Gasteiger partial charge in [0.1, 0.15) is 5.82 Å². The summed E-state index contributed by atoms with van der Waals surface area (Å²) in [4.78, 5) is 16.0. The van der Waals surface area contributed by atoms with E-state index in [0.29, 0.717) is 13.0 Å². The van der Waals surface area contributed by atoms with E-state index in [2.05, 4.69) is 9.80 Å². The van der Waals surface area contributed by atoms with E-state index in [0.717, 1.165) is 13.1 Å². The van der Waals surface area contributed by atoms with Crippen LogP contribution in [0.4, 0.5) is 4.39 Å². The molecule has 0 atom stereocenters. The molecule has 0 aliphatic heterocycles. The largest absolute Gasteiger partial charge is 0.308 e. The van der Waals surface area contributed by atoms with Crippen LogP contribution < -0.4 is 0 Å². The smallest absolute Gasteiger partial charge is 0.167 e. The Morgan fingerprint density at radius 2 is 1.78 bits per heavy atom. The molecule has 0 bridgehead atoms. The predicted molar refractivity (Wildman–Crippen MR) is 71.4 cm³/mol. The molecule has 0 unspecified atom stereocenters. The van der Waals surface area contributed by atoms with Crippen molar-refractivity contribution in [1.29, 1.82) is 0 Å². The van der Waals surface area contributed by atoms with Crippen LogP contribution in [0.2, 0.25) is 0 Å². The number of carbonyl (C=O) groups is 1. The molecule has 0 saturated carbocycles. The third kappa shape index (κ3) is 4.94. The third-order valence-corrected chi connectivity index (χ3v) is 2.82. The Hall–Kier alpha value is -1.26. The molecule has 0 aromatic heterocycles. The molecule has 0 heterocycles. The lowest BCUT2D eigenvalue weighted by Crippen LogP contribution is -2.30. The number of hydrogen-bond donors (Lipinski definition) is 0. The van der Waals surface area contributed by atoms with Crippen molar-refractivity contribution in [2.24, 2.45) is 0 Å². The van der Waals surface area contributed by atoms with Crippen molar-refractivity contribution in [3.63, 3.8) is 0 Å². The van der Waals surface area contributed by atoms with Crippen LogP contribution in [0.3, 0.4) is 0 Å². The first kappa shape index (κ1) is 14.8. The molecule has 1 aromatic rings. The van der Waals surface area contributed by atoms with E-state index in [4.69, 9.17) is 0 Å². The number of Topliss-reactive ketones (excluding diaryl/α,β-unsaturated/α-hetero) is 1. The van der Waals surface area contributed by atoms with Crippen molar-refractivity contribution in [3.05, 3.63) is 35.6 Å². The van der Waals surface area contributed by atoms with Crippen LogP contribution in [0, 0.1) is 5.82 Å². The highest BCUT2D eigenvalue weighted by Crippen LogP contribution is 2.09. The Kier molecular flexibility index (Phi) is 5.95. The highest BCUT2D eigenvalue weighted by molar-refractivity contribution is 5.96. The second-order valence-electron chi connectivity index (χ2n) is 4.76. The molecule has 0 radical (unpaired) electrons. The van der Waals surface area contributed by atoms with E-state index in [1.54, 1.807) is 12.1 Å². The van der Waals surface area contributed by atoms with Gasteiger partial charge in [-0.2, -0.15) is 0 Å². The number of carbonyl (C=O) groups excluding carboxylic acids is 1. The first-order chi connectivity index (χ1) is 8.50. The standard InChI is InChI=1S/C14H21FN2O/c1-16(2)10-11-17(3)9-8-14(18)12-6-4-5-7-13(12)15/h4-7H,8-11H2,1-3H3. The molecule has 0 aliphatic carbocycles. The molecule has 0 fully saturated rings. The summed E-state index contributed by atoms with van der Waals surface area (Å²) >= 11 is 0. The molecule has 0 amide bonds. The molecule has 0 saturated heterocycles. The van der Waals surface area contributed by atoms with Crippen LogP contribution in [0.15, 0.2) is 24.3 Å². The predicted octanol–water partition coefficient (Wildman–Crippen LogP) is 1.89. The third-order valence-electron chi connectivity index (χ3n) is 2.82. The van der Waals surface area contributed by atoms with Crippen molar-refractivity contribution in [2.75, 3.05) is 40.8 Å². The Morgan fingerprint density at radius 3 is 2.39 bits per heavy atom. The van der Waals surface area contributed by atoms with E-state index in [1.165, 1.54) is 12.1 Å². The van der Waals surface area contributed by atoms with Gasteiger partial charge in [0.05, 0.1) is 5.56 Å². The number of halogens is 1. The van der Waals surface area contributed by atoms with Crippen molar-refractivity contribution < 1.29 is 9.18 Å². The first-order valence-corrected chi connectivity index (χ1v) is 6.11. The minimum Gasteiger partial charge on any atom is -0.308 e. The molecular weight excluding hydrogens is 231 g/mol. The van der Waals surface area contributed by atoms with Gasteiger partial charge in [-0.25, -0.2) is 4.39 Å². The Bertz CT molecular complexity index is 393. The van der Waals surface area contributed by atoms with Gasteiger partial charge < -0.3 is 9.80 Å². The molecule has 18 heavy (non-hydrogen) atoms. The molecule has 100 valence electrons. The Balaban J connectivity index is 2.40. The summed E-state index contributed by atoms with van der Waals surface area (Å²) in [5, 5.41) is 0.